The number of carboxylic acids is 1. The van der Waals surface area contributed by atoms with Gasteiger partial charge in [-0.2, -0.15) is 0 Å². The number of rotatable bonds is 4. The Morgan fingerprint density at radius 3 is 2.37 bits per heavy atom. The molecule has 1 aliphatic carbocycles. The van der Waals surface area contributed by atoms with Gasteiger partial charge in [-0.1, -0.05) is 27.7 Å². The maximum absolute atomic E-state index is 11.0. The number of nitrogens with zero attached hydrogens (tertiary/aromatic N) is 1. The number of aromatic nitrogens is 1. The van der Waals surface area contributed by atoms with Crippen LogP contribution in [0.25, 0.3) is 0 Å². The van der Waals surface area contributed by atoms with Crippen LogP contribution in [0.5, 0.6) is 0 Å². The van der Waals surface area contributed by atoms with Crippen LogP contribution in [0.2, 0.25) is 0 Å². The molecule has 0 aliphatic heterocycles. The van der Waals surface area contributed by atoms with Crippen LogP contribution < -0.4 is 5.32 Å². The number of aryl methyl sites for hydroxylation is 1. The second kappa shape index (κ2) is 4.22. The van der Waals surface area contributed by atoms with E-state index in [9.17, 15) is 4.79 Å². The number of hydrogen-bond donors (Lipinski definition) is 2. The minimum absolute atomic E-state index is 0.282. The van der Waals surface area contributed by atoms with E-state index >= 15 is 0 Å². The largest absolute Gasteiger partial charge is 0.478 e. The van der Waals surface area contributed by atoms with Gasteiger partial charge in [0.15, 0.2) is 0 Å². The molecule has 0 spiro atoms. The third-order valence-corrected chi connectivity index (χ3v) is 5.01. The van der Waals surface area contributed by atoms with E-state index in [0.717, 1.165) is 12.2 Å². The number of anilines is 1. The summed E-state index contributed by atoms with van der Waals surface area (Å²) in [4.78, 5) is 15.3. The van der Waals surface area contributed by atoms with Crippen LogP contribution in [0.4, 0.5) is 5.82 Å². The number of hydrogen-bond acceptors (Lipinski definition) is 3. The van der Waals surface area contributed by atoms with Crippen molar-refractivity contribution in [3.63, 3.8) is 0 Å². The second-order valence-corrected chi connectivity index (χ2v) is 6.56. The molecule has 19 heavy (non-hydrogen) atoms. The molecule has 1 heterocycles. The van der Waals surface area contributed by atoms with Gasteiger partial charge in [0.05, 0.1) is 5.56 Å². The maximum Gasteiger partial charge on any atom is 0.335 e. The van der Waals surface area contributed by atoms with Crippen LogP contribution in [-0.4, -0.2) is 22.6 Å². The standard InChI is InChI=1S/C15H22N2O2/c1-9-6-10(13(18)19)7-12(17-9)16-8-11-14(2,3)15(11,4)5/h6-7,11H,8H2,1-5H3,(H,16,17)(H,18,19). The van der Waals surface area contributed by atoms with Gasteiger partial charge in [-0.05, 0) is 35.8 Å². The molecular formula is C15H22N2O2. The SMILES string of the molecule is Cc1cc(C(=O)O)cc(NCC2C(C)(C)C2(C)C)n1. The van der Waals surface area contributed by atoms with Gasteiger partial charge in [0.2, 0.25) is 0 Å². The lowest BCUT2D eigenvalue weighted by atomic mass is 10.0. The Hall–Kier alpha value is -1.58. The molecule has 0 amide bonds. The summed E-state index contributed by atoms with van der Waals surface area (Å²) in [5.74, 6) is 0.312. The molecule has 0 atom stereocenters. The maximum atomic E-state index is 11.0. The quantitative estimate of drug-likeness (QED) is 0.874. The highest BCUT2D eigenvalue weighted by molar-refractivity contribution is 5.88. The molecule has 0 bridgehead atoms. The molecule has 1 fully saturated rings. The van der Waals surface area contributed by atoms with Crippen LogP contribution in [0.15, 0.2) is 12.1 Å². The predicted molar refractivity (Wildman–Crippen MR) is 75.5 cm³/mol. The van der Waals surface area contributed by atoms with E-state index in [0.29, 0.717) is 22.6 Å². The van der Waals surface area contributed by atoms with Crippen molar-refractivity contribution in [1.29, 1.82) is 0 Å². The first kappa shape index (κ1) is 13.8. The summed E-state index contributed by atoms with van der Waals surface area (Å²) in [5, 5.41) is 12.3. The summed E-state index contributed by atoms with van der Waals surface area (Å²) in [6, 6.07) is 3.18. The molecule has 1 aromatic heterocycles. The third-order valence-electron chi connectivity index (χ3n) is 5.01. The summed E-state index contributed by atoms with van der Waals surface area (Å²) in [5.41, 5.74) is 1.64. The van der Waals surface area contributed by atoms with E-state index in [-0.39, 0.29) is 5.56 Å². The molecule has 1 saturated carbocycles. The minimum Gasteiger partial charge on any atom is -0.478 e. The van der Waals surface area contributed by atoms with Crippen molar-refractivity contribution in [2.45, 2.75) is 34.6 Å². The van der Waals surface area contributed by atoms with E-state index in [1.54, 1.807) is 12.1 Å². The zero-order valence-corrected chi connectivity index (χ0v) is 12.2. The predicted octanol–water partition coefficient (Wildman–Crippen LogP) is 3.18. The van der Waals surface area contributed by atoms with Crippen LogP contribution in [0, 0.1) is 23.7 Å². The van der Waals surface area contributed by atoms with Gasteiger partial charge in [-0.25, -0.2) is 9.78 Å². The van der Waals surface area contributed by atoms with Crippen molar-refractivity contribution in [3.8, 4) is 0 Å². The Kier molecular flexibility index (Phi) is 3.07. The molecular weight excluding hydrogens is 240 g/mol. The number of aromatic carboxylic acids is 1. The summed E-state index contributed by atoms with van der Waals surface area (Å²) in [6.07, 6.45) is 0. The molecule has 0 aromatic carbocycles. The highest BCUT2D eigenvalue weighted by atomic mass is 16.4. The average molecular weight is 262 g/mol. The van der Waals surface area contributed by atoms with Gasteiger partial charge < -0.3 is 10.4 Å². The lowest BCUT2D eigenvalue weighted by molar-refractivity contribution is 0.0696. The first-order valence-electron chi connectivity index (χ1n) is 6.62. The van der Waals surface area contributed by atoms with E-state index < -0.39 is 5.97 Å². The van der Waals surface area contributed by atoms with Crippen LogP contribution in [0.3, 0.4) is 0 Å². The van der Waals surface area contributed by atoms with Gasteiger partial charge in [0.1, 0.15) is 5.82 Å². The lowest BCUT2D eigenvalue weighted by Gasteiger charge is -2.08. The molecule has 0 saturated heterocycles. The van der Waals surface area contributed by atoms with Crippen LogP contribution in [-0.2, 0) is 0 Å². The molecule has 4 heteroatoms. The van der Waals surface area contributed by atoms with Crippen molar-refractivity contribution < 1.29 is 9.90 Å². The Morgan fingerprint density at radius 1 is 1.32 bits per heavy atom. The molecule has 4 nitrogen and oxygen atoms in total. The lowest BCUT2D eigenvalue weighted by Crippen LogP contribution is -2.10. The molecule has 0 radical (unpaired) electrons. The average Bonchev–Trinajstić information content (AvgIpc) is 2.66. The molecule has 1 aliphatic rings. The Balaban J connectivity index is 2.07. The fourth-order valence-electron chi connectivity index (χ4n) is 2.93. The first-order chi connectivity index (χ1) is 8.66. The van der Waals surface area contributed by atoms with Gasteiger partial charge in [0, 0.05) is 12.2 Å². The van der Waals surface area contributed by atoms with E-state index in [1.165, 1.54) is 0 Å². The summed E-state index contributed by atoms with van der Waals surface area (Å²) in [7, 11) is 0. The highest BCUT2D eigenvalue weighted by Crippen LogP contribution is 2.68. The number of pyridine rings is 1. The molecule has 104 valence electrons. The summed E-state index contributed by atoms with van der Waals surface area (Å²) in [6.45, 7) is 11.7. The molecule has 1 aromatic rings. The highest BCUT2D eigenvalue weighted by Gasteiger charge is 2.64. The Morgan fingerprint density at radius 2 is 1.89 bits per heavy atom. The third kappa shape index (κ3) is 2.31. The summed E-state index contributed by atoms with van der Waals surface area (Å²) >= 11 is 0. The Labute approximate surface area is 114 Å². The number of carboxylic acid groups (broad SMARTS) is 1. The topological polar surface area (TPSA) is 62.2 Å². The van der Waals surface area contributed by atoms with E-state index in [2.05, 4.69) is 38.0 Å². The molecule has 0 unspecified atom stereocenters. The van der Waals surface area contributed by atoms with Crippen molar-refractivity contribution in [3.05, 3.63) is 23.4 Å². The normalized spacial score (nSPS) is 20.1. The molecule has 2 rings (SSSR count). The van der Waals surface area contributed by atoms with E-state index in [1.807, 2.05) is 6.92 Å². The number of nitrogens with one attached hydrogen (secondary N) is 1. The van der Waals surface area contributed by atoms with Gasteiger partial charge in [0.25, 0.3) is 0 Å². The van der Waals surface area contributed by atoms with Crippen molar-refractivity contribution >= 4 is 11.8 Å². The summed E-state index contributed by atoms with van der Waals surface area (Å²) < 4.78 is 0. The molecule has 2 N–H and O–H groups in total. The van der Waals surface area contributed by atoms with Crippen molar-refractivity contribution in [2.75, 3.05) is 11.9 Å². The zero-order chi connectivity index (χ0) is 14.4. The van der Waals surface area contributed by atoms with Crippen LogP contribution >= 0.6 is 0 Å². The van der Waals surface area contributed by atoms with Gasteiger partial charge in [-0.15, -0.1) is 0 Å². The zero-order valence-electron chi connectivity index (χ0n) is 12.2. The van der Waals surface area contributed by atoms with Gasteiger partial charge in [-0.3, -0.25) is 0 Å². The minimum atomic E-state index is -0.916. The number of carbonyl (C=O) groups is 1. The van der Waals surface area contributed by atoms with Crippen LogP contribution in [0.1, 0.15) is 43.7 Å². The fraction of sp³-hybridized carbons (Fsp3) is 0.600. The monoisotopic (exact) mass is 262 g/mol. The van der Waals surface area contributed by atoms with Crippen molar-refractivity contribution in [1.82, 2.24) is 4.98 Å². The first-order valence-corrected chi connectivity index (χ1v) is 6.62. The Bertz CT molecular complexity index is 507. The van der Waals surface area contributed by atoms with E-state index in [4.69, 9.17) is 5.11 Å². The second-order valence-electron chi connectivity index (χ2n) is 6.56. The smallest absolute Gasteiger partial charge is 0.335 e. The van der Waals surface area contributed by atoms with Crippen molar-refractivity contribution in [2.24, 2.45) is 16.7 Å². The van der Waals surface area contributed by atoms with Gasteiger partial charge >= 0.3 is 5.97 Å². The fourth-order valence-corrected chi connectivity index (χ4v) is 2.93.